The summed E-state index contributed by atoms with van der Waals surface area (Å²) in [6.07, 6.45) is 2.56. The Labute approximate surface area is 142 Å². The first kappa shape index (κ1) is 20.0. The fourth-order valence-corrected chi connectivity index (χ4v) is 2.89. The number of rotatable bonds is 5. The van der Waals surface area contributed by atoms with Gasteiger partial charge in [0.05, 0.1) is 6.54 Å². The third-order valence-electron chi connectivity index (χ3n) is 3.94. The predicted octanol–water partition coefficient (Wildman–Crippen LogP) is 2.77. The molecule has 5 heteroatoms. The van der Waals surface area contributed by atoms with Gasteiger partial charge in [-0.1, -0.05) is 6.92 Å². The monoisotopic (exact) mass is 396 g/mol. The highest BCUT2D eigenvalue weighted by Gasteiger charge is 2.18. The molecule has 1 aliphatic rings. The van der Waals surface area contributed by atoms with E-state index in [0.717, 1.165) is 38.1 Å². The summed E-state index contributed by atoms with van der Waals surface area (Å²) in [5, 5.41) is 0. The molecule has 120 valence electrons. The van der Waals surface area contributed by atoms with Gasteiger partial charge in [0.1, 0.15) is 0 Å². The van der Waals surface area contributed by atoms with E-state index in [9.17, 15) is 0 Å². The van der Waals surface area contributed by atoms with Crippen LogP contribution in [-0.4, -0.2) is 54.0 Å². The van der Waals surface area contributed by atoms with Crippen molar-refractivity contribution in [2.24, 2.45) is 16.6 Å². The Kier molecular flexibility index (Phi) is 9.80. The van der Waals surface area contributed by atoms with Crippen LogP contribution in [0.3, 0.4) is 0 Å². The van der Waals surface area contributed by atoms with E-state index >= 15 is 0 Å². The first-order chi connectivity index (χ1) is 8.91. The molecule has 0 aromatic carbocycles. The van der Waals surface area contributed by atoms with Crippen molar-refractivity contribution in [1.29, 1.82) is 0 Å². The molecule has 0 amide bonds. The summed E-state index contributed by atoms with van der Waals surface area (Å²) in [6, 6.07) is 1.12. The normalized spacial score (nSPS) is 20.7. The van der Waals surface area contributed by atoms with E-state index in [1.807, 2.05) is 0 Å². The highest BCUT2D eigenvalue weighted by molar-refractivity contribution is 14.0. The Morgan fingerprint density at radius 1 is 1.30 bits per heavy atom. The maximum Gasteiger partial charge on any atom is 0.191 e. The lowest BCUT2D eigenvalue weighted by Crippen LogP contribution is -2.44. The van der Waals surface area contributed by atoms with E-state index < -0.39 is 0 Å². The number of likely N-dealkylation sites (tertiary alicyclic amines) is 1. The maximum absolute atomic E-state index is 6.11. The molecule has 1 rings (SSSR count). The van der Waals surface area contributed by atoms with E-state index in [4.69, 9.17) is 5.73 Å². The SMILES string of the molecule is CC1CCCN(C(N)=NCCN(C(C)C)C(C)C)C1.I. The number of nitrogens with zero attached hydrogens (tertiary/aromatic N) is 3. The summed E-state index contributed by atoms with van der Waals surface area (Å²) in [7, 11) is 0. The van der Waals surface area contributed by atoms with E-state index in [-0.39, 0.29) is 24.0 Å². The summed E-state index contributed by atoms with van der Waals surface area (Å²) in [4.78, 5) is 9.26. The van der Waals surface area contributed by atoms with Gasteiger partial charge in [-0.3, -0.25) is 9.89 Å². The van der Waals surface area contributed by atoms with Gasteiger partial charge in [0, 0.05) is 31.7 Å². The molecule has 4 nitrogen and oxygen atoms in total. The second-order valence-electron chi connectivity index (χ2n) is 6.36. The summed E-state index contributed by atoms with van der Waals surface area (Å²) in [5.74, 6) is 1.48. The number of nitrogens with two attached hydrogens (primary N) is 1. The van der Waals surface area contributed by atoms with Crippen LogP contribution in [0.25, 0.3) is 0 Å². The minimum atomic E-state index is 0. The molecule has 0 bridgehead atoms. The van der Waals surface area contributed by atoms with E-state index in [1.165, 1.54) is 12.8 Å². The molecule has 0 aromatic rings. The average molecular weight is 396 g/mol. The fraction of sp³-hybridized carbons (Fsp3) is 0.933. The van der Waals surface area contributed by atoms with Crippen molar-refractivity contribution in [3.8, 4) is 0 Å². The van der Waals surface area contributed by atoms with Crippen molar-refractivity contribution in [1.82, 2.24) is 9.80 Å². The van der Waals surface area contributed by atoms with Gasteiger partial charge in [0.25, 0.3) is 0 Å². The van der Waals surface area contributed by atoms with Gasteiger partial charge in [-0.15, -0.1) is 24.0 Å². The zero-order valence-electron chi connectivity index (χ0n) is 13.8. The Morgan fingerprint density at radius 2 is 1.90 bits per heavy atom. The second kappa shape index (κ2) is 9.82. The van der Waals surface area contributed by atoms with Crippen LogP contribution >= 0.6 is 24.0 Å². The number of hydrogen-bond acceptors (Lipinski definition) is 2. The minimum Gasteiger partial charge on any atom is -0.370 e. The third-order valence-corrected chi connectivity index (χ3v) is 3.94. The highest BCUT2D eigenvalue weighted by Crippen LogP contribution is 2.14. The maximum atomic E-state index is 6.11. The Balaban J connectivity index is 0.00000361. The Hall–Kier alpha value is -0.0400. The van der Waals surface area contributed by atoms with Crippen LogP contribution in [0.15, 0.2) is 4.99 Å². The third kappa shape index (κ3) is 6.61. The van der Waals surface area contributed by atoms with E-state index in [0.29, 0.717) is 12.1 Å². The molecule has 0 radical (unpaired) electrons. The molecule has 1 saturated heterocycles. The van der Waals surface area contributed by atoms with Gasteiger partial charge in [0.15, 0.2) is 5.96 Å². The molecule has 1 unspecified atom stereocenters. The van der Waals surface area contributed by atoms with Crippen molar-refractivity contribution < 1.29 is 0 Å². The van der Waals surface area contributed by atoms with Crippen LogP contribution in [0.5, 0.6) is 0 Å². The molecule has 0 aromatic heterocycles. The standard InChI is InChI=1S/C15H32N4.HI/c1-12(2)19(13(3)4)10-8-17-15(16)18-9-6-7-14(5)11-18;/h12-14H,6-11H2,1-5H3,(H2,16,17);1H. The van der Waals surface area contributed by atoms with Crippen molar-refractivity contribution >= 4 is 29.9 Å². The lowest BCUT2D eigenvalue weighted by Gasteiger charge is -2.32. The average Bonchev–Trinajstić information content (AvgIpc) is 2.33. The number of aliphatic imine (C=N–C) groups is 1. The molecule has 1 heterocycles. The predicted molar refractivity (Wildman–Crippen MR) is 98.9 cm³/mol. The van der Waals surface area contributed by atoms with Gasteiger partial charge in [0.2, 0.25) is 0 Å². The van der Waals surface area contributed by atoms with Gasteiger partial charge < -0.3 is 10.6 Å². The number of piperidine rings is 1. The molecule has 2 N–H and O–H groups in total. The van der Waals surface area contributed by atoms with Crippen LogP contribution < -0.4 is 5.73 Å². The van der Waals surface area contributed by atoms with Crippen molar-refractivity contribution in [3.05, 3.63) is 0 Å². The van der Waals surface area contributed by atoms with Crippen molar-refractivity contribution in [2.45, 2.75) is 59.5 Å². The van der Waals surface area contributed by atoms with Crippen LogP contribution in [0.1, 0.15) is 47.5 Å². The largest absolute Gasteiger partial charge is 0.370 e. The van der Waals surface area contributed by atoms with Gasteiger partial charge in [-0.25, -0.2) is 0 Å². The number of hydrogen-bond donors (Lipinski definition) is 1. The van der Waals surface area contributed by atoms with Crippen molar-refractivity contribution in [3.63, 3.8) is 0 Å². The van der Waals surface area contributed by atoms with Crippen LogP contribution in [-0.2, 0) is 0 Å². The van der Waals surface area contributed by atoms with Crippen LogP contribution in [0.4, 0.5) is 0 Å². The first-order valence-corrected chi connectivity index (χ1v) is 7.72. The van der Waals surface area contributed by atoms with Gasteiger partial charge in [-0.05, 0) is 46.5 Å². The Bertz CT molecular complexity index is 284. The highest BCUT2D eigenvalue weighted by atomic mass is 127. The zero-order valence-corrected chi connectivity index (χ0v) is 16.1. The minimum absolute atomic E-state index is 0. The number of guanidine groups is 1. The summed E-state index contributed by atoms with van der Waals surface area (Å²) in [6.45, 7) is 15.1. The smallest absolute Gasteiger partial charge is 0.191 e. The molecule has 1 fully saturated rings. The molecule has 1 atom stereocenters. The van der Waals surface area contributed by atoms with Crippen LogP contribution in [0.2, 0.25) is 0 Å². The molecule has 0 spiro atoms. The quantitative estimate of drug-likeness (QED) is 0.442. The molecule has 1 aliphatic heterocycles. The zero-order chi connectivity index (χ0) is 14.4. The van der Waals surface area contributed by atoms with Crippen LogP contribution in [0, 0.1) is 5.92 Å². The lowest BCUT2D eigenvalue weighted by molar-refractivity contribution is 0.180. The summed E-state index contributed by atoms with van der Waals surface area (Å²) in [5.41, 5.74) is 6.11. The fourth-order valence-electron chi connectivity index (χ4n) is 2.89. The van der Waals surface area contributed by atoms with E-state index in [1.54, 1.807) is 0 Å². The van der Waals surface area contributed by atoms with E-state index in [2.05, 4.69) is 49.4 Å². The second-order valence-corrected chi connectivity index (χ2v) is 6.36. The molecule has 0 saturated carbocycles. The van der Waals surface area contributed by atoms with Gasteiger partial charge >= 0.3 is 0 Å². The summed E-state index contributed by atoms with van der Waals surface area (Å²) < 4.78 is 0. The number of halogens is 1. The summed E-state index contributed by atoms with van der Waals surface area (Å²) >= 11 is 0. The van der Waals surface area contributed by atoms with Crippen molar-refractivity contribution in [2.75, 3.05) is 26.2 Å². The lowest BCUT2D eigenvalue weighted by atomic mass is 10.0. The molecular weight excluding hydrogens is 363 g/mol. The topological polar surface area (TPSA) is 44.9 Å². The van der Waals surface area contributed by atoms with Gasteiger partial charge in [-0.2, -0.15) is 0 Å². The molecule has 20 heavy (non-hydrogen) atoms. The Morgan fingerprint density at radius 3 is 2.40 bits per heavy atom. The molecule has 0 aliphatic carbocycles. The molecular formula is C15H33IN4. The first-order valence-electron chi connectivity index (χ1n) is 7.72.